The highest BCUT2D eigenvalue weighted by atomic mass is 16.1. The standard InChI is InChI=1S/C11H11N3O/c1-2-7(10(12)15)11-13-8-5-3-4-6-9(8)14-11/h2-6H,1H3,(H2,12,15)(H,13,14)/b7-2+. The molecule has 1 aromatic heterocycles. The summed E-state index contributed by atoms with van der Waals surface area (Å²) < 4.78 is 0. The van der Waals surface area contributed by atoms with E-state index in [9.17, 15) is 4.79 Å². The molecule has 0 atom stereocenters. The smallest absolute Gasteiger partial charge is 0.252 e. The first kappa shape index (κ1) is 9.45. The van der Waals surface area contributed by atoms with Gasteiger partial charge < -0.3 is 10.7 Å². The Bertz CT molecular complexity index is 507. The van der Waals surface area contributed by atoms with E-state index in [-0.39, 0.29) is 0 Å². The lowest BCUT2D eigenvalue weighted by Crippen LogP contribution is -2.13. The number of fused-ring (bicyclic) bond motifs is 1. The molecule has 2 rings (SSSR count). The number of H-pyrrole nitrogens is 1. The number of aromatic amines is 1. The molecule has 3 N–H and O–H groups in total. The Kier molecular flexibility index (Phi) is 2.25. The van der Waals surface area contributed by atoms with Crippen molar-refractivity contribution in [2.45, 2.75) is 6.92 Å². The van der Waals surface area contributed by atoms with Crippen molar-refractivity contribution in [3.05, 3.63) is 36.2 Å². The summed E-state index contributed by atoms with van der Waals surface area (Å²) in [6.07, 6.45) is 1.65. The van der Waals surface area contributed by atoms with Crippen LogP contribution < -0.4 is 5.73 Å². The summed E-state index contributed by atoms with van der Waals surface area (Å²) in [4.78, 5) is 18.4. The van der Waals surface area contributed by atoms with Gasteiger partial charge >= 0.3 is 0 Å². The van der Waals surface area contributed by atoms with Gasteiger partial charge in [0.2, 0.25) is 0 Å². The van der Waals surface area contributed by atoms with Gasteiger partial charge in [0, 0.05) is 0 Å². The van der Waals surface area contributed by atoms with Crippen LogP contribution in [0, 0.1) is 0 Å². The van der Waals surface area contributed by atoms with Crippen molar-refractivity contribution in [1.29, 1.82) is 0 Å². The highest BCUT2D eigenvalue weighted by molar-refractivity contribution is 6.17. The van der Waals surface area contributed by atoms with E-state index in [0.717, 1.165) is 11.0 Å². The summed E-state index contributed by atoms with van der Waals surface area (Å²) in [5, 5.41) is 0. The average molecular weight is 201 g/mol. The zero-order valence-electron chi connectivity index (χ0n) is 8.32. The Labute approximate surface area is 86.8 Å². The molecule has 2 aromatic rings. The number of aromatic nitrogens is 2. The fourth-order valence-corrected chi connectivity index (χ4v) is 1.48. The number of nitrogens with two attached hydrogens (primary N) is 1. The third-order valence-electron chi connectivity index (χ3n) is 2.20. The van der Waals surface area contributed by atoms with Crippen LogP contribution >= 0.6 is 0 Å². The van der Waals surface area contributed by atoms with E-state index in [1.165, 1.54) is 0 Å². The van der Waals surface area contributed by atoms with Crippen LogP contribution in [0.2, 0.25) is 0 Å². The van der Waals surface area contributed by atoms with Crippen LogP contribution in [0.4, 0.5) is 0 Å². The molecule has 4 nitrogen and oxygen atoms in total. The molecule has 1 heterocycles. The normalized spacial score (nSPS) is 11.9. The van der Waals surface area contributed by atoms with Crippen LogP contribution in [0.15, 0.2) is 30.3 Å². The fourth-order valence-electron chi connectivity index (χ4n) is 1.48. The largest absolute Gasteiger partial charge is 0.365 e. The molecular formula is C11H11N3O. The van der Waals surface area contributed by atoms with Gasteiger partial charge in [-0.25, -0.2) is 4.98 Å². The summed E-state index contributed by atoms with van der Waals surface area (Å²) in [5.41, 5.74) is 7.37. The number of carbonyl (C=O) groups excluding carboxylic acids is 1. The lowest BCUT2D eigenvalue weighted by molar-refractivity contribution is -0.112. The molecule has 0 saturated heterocycles. The summed E-state index contributed by atoms with van der Waals surface area (Å²) in [6, 6.07) is 7.58. The first-order valence-corrected chi connectivity index (χ1v) is 4.63. The Balaban J connectivity index is 2.58. The number of nitrogens with zero attached hydrogens (tertiary/aromatic N) is 1. The van der Waals surface area contributed by atoms with Crippen molar-refractivity contribution in [1.82, 2.24) is 9.97 Å². The Hall–Kier alpha value is -2.10. The Morgan fingerprint density at radius 3 is 2.80 bits per heavy atom. The van der Waals surface area contributed by atoms with Crippen LogP contribution in [0.5, 0.6) is 0 Å². The maximum absolute atomic E-state index is 11.1. The molecule has 0 unspecified atom stereocenters. The van der Waals surface area contributed by atoms with Gasteiger partial charge in [0.05, 0.1) is 16.6 Å². The predicted octanol–water partition coefficient (Wildman–Crippen LogP) is 1.45. The SMILES string of the molecule is C/C=C(\C(N)=O)c1nc2ccccc2[nH]1. The van der Waals surface area contributed by atoms with Crippen LogP contribution in [-0.4, -0.2) is 15.9 Å². The minimum atomic E-state index is -0.475. The molecule has 1 aromatic carbocycles. The van der Waals surface area contributed by atoms with Crippen LogP contribution in [0.3, 0.4) is 0 Å². The van der Waals surface area contributed by atoms with Crippen LogP contribution in [0.1, 0.15) is 12.7 Å². The molecule has 1 amide bonds. The van der Waals surface area contributed by atoms with E-state index in [1.54, 1.807) is 13.0 Å². The zero-order chi connectivity index (χ0) is 10.8. The monoisotopic (exact) mass is 201 g/mol. The number of amides is 1. The van der Waals surface area contributed by atoms with Crippen molar-refractivity contribution in [3.8, 4) is 0 Å². The third-order valence-corrected chi connectivity index (χ3v) is 2.20. The number of imidazole rings is 1. The van der Waals surface area contributed by atoms with Gasteiger partial charge in [-0.3, -0.25) is 4.79 Å². The zero-order valence-corrected chi connectivity index (χ0v) is 8.32. The minimum absolute atomic E-state index is 0.409. The number of rotatable bonds is 2. The quantitative estimate of drug-likeness (QED) is 0.722. The van der Waals surface area contributed by atoms with Crippen molar-refractivity contribution < 1.29 is 4.79 Å². The molecule has 0 aliphatic carbocycles. The number of carbonyl (C=O) groups is 1. The van der Waals surface area contributed by atoms with Gasteiger partial charge in [-0.1, -0.05) is 18.2 Å². The minimum Gasteiger partial charge on any atom is -0.365 e. The van der Waals surface area contributed by atoms with Gasteiger partial charge in [-0.2, -0.15) is 0 Å². The topological polar surface area (TPSA) is 71.8 Å². The number of allylic oxidation sites excluding steroid dienone is 1. The van der Waals surface area contributed by atoms with E-state index >= 15 is 0 Å². The van der Waals surface area contributed by atoms with E-state index in [2.05, 4.69) is 9.97 Å². The summed E-state index contributed by atoms with van der Waals surface area (Å²) in [5.74, 6) is 0.0442. The number of primary amides is 1. The highest BCUT2D eigenvalue weighted by Crippen LogP contribution is 2.16. The van der Waals surface area contributed by atoms with Crippen molar-refractivity contribution in [3.63, 3.8) is 0 Å². The van der Waals surface area contributed by atoms with Crippen molar-refractivity contribution in [2.75, 3.05) is 0 Å². The Morgan fingerprint density at radius 2 is 2.20 bits per heavy atom. The molecule has 0 aliphatic heterocycles. The lowest BCUT2D eigenvalue weighted by atomic mass is 10.2. The molecular weight excluding hydrogens is 190 g/mol. The van der Waals surface area contributed by atoms with Crippen LogP contribution in [0.25, 0.3) is 16.6 Å². The number of nitrogens with one attached hydrogen (secondary N) is 1. The maximum Gasteiger partial charge on any atom is 0.252 e. The first-order valence-electron chi connectivity index (χ1n) is 4.63. The van der Waals surface area contributed by atoms with E-state index in [0.29, 0.717) is 11.4 Å². The van der Waals surface area contributed by atoms with E-state index in [1.807, 2.05) is 24.3 Å². The number of hydrogen-bond acceptors (Lipinski definition) is 2. The third kappa shape index (κ3) is 1.61. The second kappa shape index (κ2) is 3.57. The highest BCUT2D eigenvalue weighted by Gasteiger charge is 2.11. The summed E-state index contributed by atoms with van der Waals surface area (Å²) >= 11 is 0. The predicted molar refractivity (Wildman–Crippen MR) is 58.9 cm³/mol. The molecule has 0 aliphatic rings. The van der Waals surface area contributed by atoms with Gasteiger partial charge in [-0.05, 0) is 19.1 Å². The van der Waals surface area contributed by atoms with Crippen LogP contribution in [-0.2, 0) is 4.79 Å². The summed E-state index contributed by atoms with van der Waals surface area (Å²) in [6.45, 7) is 1.76. The number of benzene rings is 1. The second-order valence-corrected chi connectivity index (χ2v) is 3.17. The molecule has 76 valence electrons. The molecule has 4 heteroatoms. The van der Waals surface area contributed by atoms with Gasteiger partial charge in [0.25, 0.3) is 5.91 Å². The van der Waals surface area contributed by atoms with Crippen molar-refractivity contribution >= 4 is 22.5 Å². The van der Waals surface area contributed by atoms with E-state index < -0.39 is 5.91 Å². The first-order chi connectivity index (χ1) is 7.22. The fraction of sp³-hybridized carbons (Fsp3) is 0.0909. The number of hydrogen-bond donors (Lipinski definition) is 2. The average Bonchev–Trinajstić information content (AvgIpc) is 2.61. The van der Waals surface area contributed by atoms with Crippen molar-refractivity contribution in [2.24, 2.45) is 5.73 Å². The molecule has 0 saturated carbocycles. The maximum atomic E-state index is 11.1. The molecule has 0 fully saturated rings. The van der Waals surface area contributed by atoms with Gasteiger partial charge in [0.15, 0.2) is 0 Å². The molecule has 0 bridgehead atoms. The molecule has 0 radical (unpaired) electrons. The van der Waals surface area contributed by atoms with Gasteiger partial charge in [0.1, 0.15) is 5.82 Å². The Morgan fingerprint density at radius 1 is 1.47 bits per heavy atom. The molecule has 15 heavy (non-hydrogen) atoms. The molecule has 0 spiro atoms. The summed E-state index contributed by atoms with van der Waals surface area (Å²) in [7, 11) is 0. The second-order valence-electron chi connectivity index (χ2n) is 3.17. The van der Waals surface area contributed by atoms with Gasteiger partial charge in [-0.15, -0.1) is 0 Å². The van der Waals surface area contributed by atoms with E-state index in [4.69, 9.17) is 5.73 Å². The number of para-hydroxylation sites is 2. The lowest BCUT2D eigenvalue weighted by Gasteiger charge is -1.95.